The molecule has 1 aromatic heterocycles. The minimum atomic E-state index is -2.75. The first-order valence-corrected chi connectivity index (χ1v) is 5.23. The molecule has 2 N–H and O–H groups in total. The summed E-state index contributed by atoms with van der Waals surface area (Å²) in [6, 6.07) is 2.75. The molecule has 0 bridgehead atoms. The Kier molecular flexibility index (Phi) is 2.58. The summed E-state index contributed by atoms with van der Waals surface area (Å²) >= 11 is 0. The molecule has 3 nitrogen and oxygen atoms in total. The largest absolute Gasteiger partial charge is 0.329 e. The van der Waals surface area contributed by atoms with Crippen LogP contribution in [0.4, 0.5) is 8.78 Å². The minimum Gasteiger partial charge on any atom is -0.329 e. The van der Waals surface area contributed by atoms with Gasteiger partial charge < -0.3 is 10.3 Å². The van der Waals surface area contributed by atoms with Crippen molar-refractivity contribution in [3.8, 4) is 0 Å². The van der Waals surface area contributed by atoms with Gasteiger partial charge in [-0.15, -0.1) is 0 Å². The zero-order valence-corrected chi connectivity index (χ0v) is 9.02. The summed E-state index contributed by atoms with van der Waals surface area (Å²) in [5, 5.41) is 2.97. The quantitative estimate of drug-likeness (QED) is 0.760. The monoisotopic (exact) mass is 228 g/mol. The number of rotatable bonds is 1. The molecule has 0 aliphatic carbocycles. The van der Waals surface area contributed by atoms with Gasteiger partial charge in [-0.05, 0) is 12.5 Å². The minimum absolute atomic E-state index is 0.178. The second-order valence-electron chi connectivity index (χ2n) is 4.40. The Morgan fingerprint density at radius 3 is 2.69 bits per heavy atom. The highest BCUT2D eigenvalue weighted by Crippen LogP contribution is 2.42. The number of hydrogen-bond donors (Lipinski definition) is 2. The highest BCUT2D eigenvalue weighted by Gasteiger charge is 2.52. The second-order valence-corrected chi connectivity index (χ2v) is 4.40. The van der Waals surface area contributed by atoms with E-state index < -0.39 is 11.3 Å². The van der Waals surface area contributed by atoms with Crippen LogP contribution in [-0.2, 0) is 5.41 Å². The molecule has 1 fully saturated rings. The Labute approximate surface area is 91.9 Å². The lowest BCUT2D eigenvalue weighted by Crippen LogP contribution is -2.55. The number of H-pyrrole nitrogens is 1. The maximum atomic E-state index is 13.9. The van der Waals surface area contributed by atoms with Crippen molar-refractivity contribution < 1.29 is 8.78 Å². The molecule has 1 saturated heterocycles. The number of aromatic nitrogens is 1. The molecule has 5 heteroatoms. The molecule has 1 unspecified atom stereocenters. The predicted octanol–water partition coefficient (Wildman–Crippen LogP) is 1.26. The Balaban J connectivity index is 2.43. The van der Waals surface area contributed by atoms with Crippen molar-refractivity contribution in [3.05, 3.63) is 34.2 Å². The van der Waals surface area contributed by atoms with Crippen LogP contribution in [0.15, 0.2) is 23.1 Å². The maximum absolute atomic E-state index is 13.9. The molecule has 88 valence electrons. The first kappa shape index (κ1) is 11.3. The van der Waals surface area contributed by atoms with Crippen LogP contribution in [0.5, 0.6) is 0 Å². The number of piperidine rings is 1. The Morgan fingerprint density at radius 2 is 2.12 bits per heavy atom. The van der Waals surface area contributed by atoms with Crippen molar-refractivity contribution in [1.82, 2.24) is 10.3 Å². The molecule has 1 aliphatic heterocycles. The summed E-state index contributed by atoms with van der Waals surface area (Å²) in [7, 11) is 0. The van der Waals surface area contributed by atoms with Crippen LogP contribution in [0.3, 0.4) is 0 Å². The molecule has 0 aromatic carbocycles. The van der Waals surface area contributed by atoms with Crippen molar-refractivity contribution in [2.45, 2.75) is 24.7 Å². The smallest absolute Gasteiger partial charge is 0.259 e. The van der Waals surface area contributed by atoms with Crippen LogP contribution in [0.2, 0.25) is 0 Å². The van der Waals surface area contributed by atoms with E-state index >= 15 is 0 Å². The Morgan fingerprint density at radius 1 is 1.38 bits per heavy atom. The van der Waals surface area contributed by atoms with Gasteiger partial charge in [0.15, 0.2) is 0 Å². The fraction of sp³-hybridized carbons (Fsp3) is 0.545. The lowest BCUT2D eigenvalue weighted by Gasteiger charge is -2.41. The fourth-order valence-corrected chi connectivity index (χ4v) is 2.06. The van der Waals surface area contributed by atoms with E-state index in [1.807, 2.05) is 0 Å². The summed E-state index contributed by atoms with van der Waals surface area (Å²) < 4.78 is 27.8. The standard InChI is InChI=1S/C11H14F2N2O/c1-10(7-14-5-4-11(10,12)13)8-2-3-9(16)15-6-8/h2-3,6,14H,4-5,7H2,1H3,(H,15,16). The van der Waals surface area contributed by atoms with Gasteiger partial charge in [-0.25, -0.2) is 8.78 Å². The molecule has 0 saturated carbocycles. The van der Waals surface area contributed by atoms with Crippen molar-refractivity contribution in [3.63, 3.8) is 0 Å². The summed E-state index contributed by atoms with van der Waals surface area (Å²) in [6.45, 7) is 2.06. The summed E-state index contributed by atoms with van der Waals surface area (Å²) in [5.41, 5.74) is -1.07. The molecule has 2 rings (SSSR count). The van der Waals surface area contributed by atoms with Crippen molar-refractivity contribution in [2.75, 3.05) is 13.1 Å². The van der Waals surface area contributed by atoms with Gasteiger partial charge in [-0.1, -0.05) is 6.07 Å². The zero-order chi connectivity index (χ0) is 11.8. The summed E-state index contributed by atoms with van der Waals surface area (Å²) in [4.78, 5) is 13.4. The number of hydrogen-bond acceptors (Lipinski definition) is 2. The lowest BCUT2D eigenvalue weighted by atomic mass is 9.74. The molecule has 0 amide bonds. The van der Waals surface area contributed by atoms with E-state index in [0.29, 0.717) is 12.1 Å². The van der Waals surface area contributed by atoms with Crippen LogP contribution < -0.4 is 10.9 Å². The normalized spacial score (nSPS) is 28.9. The summed E-state index contributed by atoms with van der Waals surface area (Å²) in [6.07, 6.45) is 1.20. The molecule has 16 heavy (non-hydrogen) atoms. The van der Waals surface area contributed by atoms with Gasteiger partial charge in [0.2, 0.25) is 5.56 Å². The third-order valence-electron chi connectivity index (χ3n) is 3.32. The third-order valence-corrected chi connectivity index (χ3v) is 3.32. The number of pyridine rings is 1. The average Bonchev–Trinajstić information content (AvgIpc) is 2.23. The van der Waals surface area contributed by atoms with Gasteiger partial charge in [0.05, 0.1) is 5.41 Å². The fourth-order valence-electron chi connectivity index (χ4n) is 2.06. The topological polar surface area (TPSA) is 44.9 Å². The van der Waals surface area contributed by atoms with E-state index in [1.54, 1.807) is 0 Å². The van der Waals surface area contributed by atoms with Gasteiger partial charge in [0, 0.05) is 31.8 Å². The molecule has 1 aliphatic rings. The first-order valence-electron chi connectivity index (χ1n) is 5.23. The van der Waals surface area contributed by atoms with Crippen molar-refractivity contribution in [1.29, 1.82) is 0 Å². The average molecular weight is 228 g/mol. The van der Waals surface area contributed by atoms with E-state index in [-0.39, 0.29) is 18.5 Å². The molecule has 1 aromatic rings. The predicted molar refractivity (Wildman–Crippen MR) is 56.8 cm³/mol. The van der Waals surface area contributed by atoms with Crippen LogP contribution >= 0.6 is 0 Å². The first-order chi connectivity index (χ1) is 7.46. The Bertz CT molecular complexity index is 423. The zero-order valence-electron chi connectivity index (χ0n) is 9.02. The van der Waals surface area contributed by atoms with Gasteiger partial charge in [-0.3, -0.25) is 4.79 Å². The number of aromatic amines is 1. The number of halogens is 2. The van der Waals surface area contributed by atoms with Crippen LogP contribution in [0, 0.1) is 0 Å². The highest BCUT2D eigenvalue weighted by molar-refractivity contribution is 5.26. The van der Waals surface area contributed by atoms with E-state index in [4.69, 9.17) is 0 Å². The van der Waals surface area contributed by atoms with E-state index in [0.717, 1.165) is 0 Å². The third kappa shape index (κ3) is 1.65. The van der Waals surface area contributed by atoms with Crippen LogP contribution in [0.25, 0.3) is 0 Å². The van der Waals surface area contributed by atoms with E-state index in [1.165, 1.54) is 25.3 Å². The molecule has 0 spiro atoms. The van der Waals surface area contributed by atoms with Crippen molar-refractivity contribution >= 4 is 0 Å². The van der Waals surface area contributed by atoms with Crippen LogP contribution in [-0.4, -0.2) is 24.0 Å². The van der Waals surface area contributed by atoms with E-state index in [9.17, 15) is 13.6 Å². The summed E-state index contributed by atoms with van der Waals surface area (Å²) in [5.74, 6) is -2.75. The van der Waals surface area contributed by atoms with E-state index in [2.05, 4.69) is 10.3 Å². The van der Waals surface area contributed by atoms with Gasteiger partial charge >= 0.3 is 0 Å². The number of nitrogens with one attached hydrogen (secondary N) is 2. The lowest BCUT2D eigenvalue weighted by molar-refractivity contribution is -0.0922. The number of alkyl halides is 2. The highest BCUT2D eigenvalue weighted by atomic mass is 19.3. The molecule has 0 radical (unpaired) electrons. The maximum Gasteiger partial charge on any atom is 0.259 e. The molecule has 1 atom stereocenters. The SMILES string of the molecule is CC1(c2ccc(=O)[nH]c2)CNCCC1(F)F. The van der Waals surface area contributed by atoms with Gasteiger partial charge in [0.1, 0.15) is 0 Å². The Hall–Kier alpha value is -1.23. The molecular formula is C11H14F2N2O. The molecule has 2 heterocycles. The van der Waals surface area contributed by atoms with Crippen molar-refractivity contribution in [2.24, 2.45) is 0 Å². The molecular weight excluding hydrogens is 214 g/mol. The van der Waals surface area contributed by atoms with Gasteiger partial charge in [-0.2, -0.15) is 0 Å². The second kappa shape index (κ2) is 3.66. The van der Waals surface area contributed by atoms with Crippen LogP contribution in [0.1, 0.15) is 18.9 Å². The van der Waals surface area contributed by atoms with Gasteiger partial charge in [0.25, 0.3) is 5.92 Å².